The molecule has 2 aliphatic carbocycles. The first-order valence-electron chi connectivity index (χ1n) is 3.81. The number of fused-ring (bicyclic) bond motifs is 1. The second kappa shape index (κ2) is 2.08. The van der Waals surface area contributed by atoms with Gasteiger partial charge in [0.05, 0.1) is 0 Å². The zero-order valence-electron chi connectivity index (χ0n) is 5.89. The summed E-state index contributed by atoms with van der Waals surface area (Å²) in [6, 6.07) is 0. The van der Waals surface area contributed by atoms with Gasteiger partial charge >= 0.3 is 0 Å². The van der Waals surface area contributed by atoms with E-state index in [2.05, 4.69) is 12.2 Å². The first-order valence-corrected chi connectivity index (χ1v) is 3.81. The average molecular weight is 134 g/mol. The lowest BCUT2D eigenvalue weighted by Crippen LogP contribution is -1.95. The van der Waals surface area contributed by atoms with Crippen molar-refractivity contribution in [3.05, 3.63) is 23.3 Å². The summed E-state index contributed by atoms with van der Waals surface area (Å²) in [5.41, 5.74) is 2.32. The molecule has 0 aromatic heterocycles. The van der Waals surface area contributed by atoms with Crippen LogP contribution < -0.4 is 0 Å². The largest absolute Gasteiger partial charge is 0.294 e. The van der Waals surface area contributed by atoms with Gasteiger partial charge in [-0.1, -0.05) is 12.2 Å². The summed E-state index contributed by atoms with van der Waals surface area (Å²) in [5.74, 6) is 0.353. The Bertz CT molecular complexity index is 233. The van der Waals surface area contributed by atoms with E-state index in [1.54, 1.807) is 0 Å². The number of allylic oxidation sites excluding steroid dienone is 4. The highest BCUT2D eigenvalue weighted by Gasteiger charge is 2.22. The maximum Gasteiger partial charge on any atom is 0.163 e. The molecular weight excluding hydrogens is 124 g/mol. The van der Waals surface area contributed by atoms with Crippen molar-refractivity contribution in [2.24, 2.45) is 0 Å². The normalized spacial score (nSPS) is 23.8. The molecule has 1 saturated carbocycles. The van der Waals surface area contributed by atoms with Crippen LogP contribution in [0, 0.1) is 0 Å². The molecule has 0 N–H and O–H groups in total. The van der Waals surface area contributed by atoms with Gasteiger partial charge in [-0.3, -0.25) is 4.79 Å². The van der Waals surface area contributed by atoms with Crippen LogP contribution in [0.25, 0.3) is 0 Å². The maximum absolute atomic E-state index is 11.1. The summed E-state index contributed by atoms with van der Waals surface area (Å²) in [7, 11) is 0. The predicted molar refractivity (Wildman–Crippen MR) is 39.6 cm³/mol. The Morgan fingerprint density at radius 1 is 1.10 bits per heavy atom. The van der Waals surface area contributed by atoms with Crippen LogP contribution in [0.4, 0.5) is 0 Å². The van der Waals surface area contributed by atoms with E-state index in [9.17, 15) is 4.79 Å². The summed E-state index contributed by atoms with van der Waals surface area (Å²) < 4.78 is 0. The highest BCUT2D eigenvalue weighted by atomic mass is 16.1. The number of rotatable bonds is 0. The molecule has 52 valence electrons. The Labute approximate surface area is 60.4 Å². The van der Waals surface area contributed by atoms with E-state index in [0.717, 1.165) is 31.3 Å². The van der Waals surface area contributed by atoms with Gasteiger partial charge in [-0.15, -0.1) is 0 Å². The van der Waals surface area contributed by atoms with Gasteiger partial charge in [0.25, 0.3) is 0 Å². The van der Waals surface area contributed by atoms with Gasteiger partial charge in [0.1, 0.15) is 0 Å². The Morgan fingerprint density at radius 2 is 1.90 bits per heavy atom. The molecule has 2 rings (SSSR count). The minimum atomic E-state index is 0.353. The van der Waals surface area contributed by atoms with Gasteiger partial charge in [-0.25, -0.2) is 0 Å². The molecule has 10 heavy (non-hydrogen) atoms. The lowest BCUT2D eigenvalue weighted by molar-refractivity contribution is -0.114. The van der Waals surface area contributed by atoms with Crippen LogP contribution in [0.5, 0.6) is 0 Å². The predicted octanol–water partition coefficient (Wildman–Crippen LogP) is 2.00. The fraction of sp³-hybridized carbons (Fsp3) is 0.444. The third kappa shape index (κ3) is 0.737. The van der Waals surface area contributed by atoms with Crippen molar-refractivity contribution in [3.8, 4) is 0 Å². The Morgan fingerprint density at radius 3 is 2.70 bits per heavy atom. The average Bonchev–Trinajstić information content (AvgIpc) is 2.34. The van der Waals surface area contributed by atoms with Crippen molar-refractivity contribution < 1.29 is 4.79 Å². The molecule has 0 unspecified atom stereocenters. The molecule has 1 heteroatoms. The van der Waals surface area contributed by atoms with Crippen LogP contribution >= 0.6 is 0 Å². The standard InChI is InChI=1S/C9H10O/c10-9-6-5-7-3-1-2-4-8(7)9/h3-4H,1-2,5-6H2. The molecule has 2 aliphatic rings. The molecule has 0 amide bonds. The summed E-state index contributed by atoms with van der Waals surface area (Å²) in [6.07, 6.45) is 8.23. The van der Waals surface area contributed by atoms with Gasteiger partial charge in [0, 0.05) is 12.0 Å². The van der Waals surface area contributed by atoms with Gasteiger partial charge < -0.3 is 0 Å². The monoisotopic (exact) mass is 134 g/mol. The number of Topliss-reactive ketones (excluding diaryl/α,β-unsaturated/α-hetero) is 1. The quantitative estimate of drug-likeness (QED) is 0.495. The van der Waals surface area contributed by atoms with Crippen LogP contribution in [-0.4, -0.2) is 5.78 Å². The first-order chi connectivity index (χ1) is 4.88. The summed E-state index contributed by atoms with van der Waals surface area (Å²) in [6.45, 7) is 0. The van der Waals surface area contributed by atoms with Gasteiger partial charge in [0.15, 0.2) is 5.78 Å². The zero-order chi connectivity index (χ0) is 6.97. The van der Waals surface area contributed by atoms with Gasteiger partial charge in [-0.2, -0.15) is 0 Å². The van der Waals surface area contributed by atoms with Crippen LogP contribution in [0.3, 0.4) is 0 Å². The molecule has 0 aromatic rings. The number of carbonyl (C=O) groups is 1. The van der Waals surface area contributed by atoms with Crippen LogP contribution in [0.1, 0.15) is 25.7 Å². The molecule has 1 fully saturated rings. The van der Waals surface area contributed by atoms with Crippen molar-refractivity contribution in [2.45, 2.75) is 25.7 Å². The van der Waals surface area contributed by atoms with Crippen LogP contribution in [-0.2, 0) is 4.79 Å². The molecule has 0 heterocycles. The highest BCUT2D eigenvalue weighted by molar-refractivity contribution is 6.02. The van der Waals surface area contributed by atoms with Crippen molar-refractivity contribution >= 4 is 5.78 Å². The van der Waals surface area contributed by atoms with Crippen molar-refractivity contribution in [1.82, 2.24) is 0 Å². The van der Waals surface area contributed by atoms with E-state index in [1.807, 2.05) is 0 Å². The molecule has 0 saturated heterocycles. The minimum Gasteiger partial charge on any atom is -0.294 e. The van der Waals surface area contributed by atoms with Crippen molar-refractivity contribution in [3.63, 3.8) is 0 Å². The molecule has 1 nitrogen and oxygen atoms in total. The molecule has 0 spiro atoms. The van der Waals surface area contributed by atoms with E-state index in [-0.39, 0.29) is 0 Å². The van der Waals surface area contributed by atoms with E-state index >= 15 is 0 Å². The number of ketones is 1. The Kier molecular flexibility index (Phi) is 1.23. The fourth-order valence-electron chi connectivity index (χ4n) is 1.64. The Balaban J connectivity index is 2.39. The topological polar surface area (TPSA) is 17.1 Å². The minimum absolute atomic E-state index is 0.353. The third-order valence-corrected chi connectivity index (χ3v) is 2.17. The third-order valence-electron chi connectivity index (χ3n) is 2.17. The SMILES string of the molecule is O=C1CCC2=CCCC=C12. The summed E-state index contributed by atoms with van der Waals surface area (Å²) >= 11 is 0. The summed E-state index contributed by atoms with van der Waals surface area (Å²) in [5, 5.41) is 0. The molecule has 0 atom stereocenters. The highest BCUT2D eigenvalue weighted by Crippen LogP contribution is 2.30. The van der Waals surface area contributed by atoms with Crippen LogP contribution in [0.15, 0.2) is 23.3 Å². The summed E-state index contributed by atoms with van der Waals surface area (Å²) in [4.78, 5) is 11.1. The fourth-order valence-corrected chi connectivity index (χ4v) is 1.64. The Hall–Kier alpha value is -0.850. The van der Waals surface area contributed by atoms with E-state index in [0.29, 0.717) is 5.78 Å². The van der Waals surface area contributed by atoms with Gasteiger partial charge in [-0.05, 0) is 24.8 Å². The molecular formula is C9H10O. The second-order valence-corrected chi connectivity index (χ2v) is 2.85. The number of carbonyl (C=O) groups excluding carboxylic acids is 1. The molecule has 0 radical (unpaired) electrons. The zero-order valence-corrected chi connectivity index (χ0v) is 5.89. The van der Waals surface area contributed by atoms with Crippen molar-refractivity contribution in [2.75, 3.05) is 0 Å². The van der Waals surface area contributed by atoms with E-state index in [4.69, 9.17) is 0 Å². The van der Waals surface area contributed by atoms with Crippen molar-refractivity contribution in [1.29, 1.82) is 0 Å². The maximum atomic E-state index is 11.1. The molecule has 0 aromatic carbocycles. The lowest BCUT2D eigenvalue weighted by atomic mass is 10.0. The smallest absolute Gasteiger partial charge is 0.163 e. The molecule has 0 bridgehead atoms. The van der Waals surface area contributed by atoms with E-state index in [1.165, 1.54) is 5.57 Å². The van der Waals surface area contributed by atoms with E-state index < -0.39 is 0 Å². The second-order valence-electron chi connectivity index (χ2n) is 2.85. The first kappa shape index (κ1) is 5.90. The lowest BCUT2D eigenvalue weighted by Gasteiger charge is -2.04. The number of hydrogen-bond donors (Lipinski definition) is 0. The molecule has 0 aliphatic heterocycles. The number of hydrogen-bond acceptors (Lipinski definition) is 1. The van der Waals surface area contributed by atoms with Crippen LogP contribution in [0.2, 0.25) is 0 Å². The van der Waals surface area contributed by atoms with Gasteiger partial charge in [0.2, 0.25) is 0 Å².